The molecule has 6 nitrogen and oxygen atoms in total. The van der Waals surface area contributed by atoms with Crippen LogP contribution in [0.1, 0.15) is 25.7 Å². The topological polar surface area (TPSA) is 76.1 Å². The number of nitrogens with zero attached hydrogens (tertiary/aromatic N) is 2. The van der Waals surface area contributed by atoms with Gasteiger partial charge in [-0.15, -0.1) is 0 Å². The Morgan fingerprint density at radius 3 is 2.52 bits per heavy atom. The van der Waals surface area contributed by atoms with Crippen LogP contribution in [-0.2, 0) is 0 Å². The Morgan fingerprint density at radius 1 is 1.16 bits per heavy atom. The maximum absolute atomic E-state index is 13.5. The second-order valence-electron chi connectivity index (χ2n) is 5.85. The van der Waals surface area contributed by atoms with Crippen molar-refractivity contribution in [3.05, 3.63) is 47.5 Å². The van der Waals surface area contributed by atoms with E-state index in [-0.39, 0.29) is 17.8 Å². The molecule has 0 aliphatic heterocycles. The molecule has 1 aliphatic carbocycles. The van der Waals surface area contributed by atoms with Crippen molar-refractivity contribution in [2.45, 2.75) is 37.8 Å². The first-order valence-corrected chi connectivity index (χ1v) is 8.44. The summed E-state index contributed by atoms with van der Waals surface area (Å²) in [6.45, 7) is 0. The van der Waals surface area contributed by atoms with E-state index in [1.165, 1.54) is 24.5 Å². The van der Waals surface area contributed by atoms with E-state index in [9.17, 15) is 9.18 Å². The number of urea groups is 1. The largest absolute Gasteiger partial charge is 0.460 e. The van der Waals surface area contributed by atoms with Crippen LogP contribution in [0.5, 0.6) is 6.01 Å². The lowest BCUT2D eigenvalue weighted by Crippen LogP contribution is -2.41. The molecule has 1 aliphatic rings. The van der Waals surface area contributed by atoms with Crippen molar-refractivity contribution in [2.24, 2.45) is 0 Å². The molecule has 3 rings (SSSR count). The van der Waals surface area contributed by atoms with Crippen LogP contribution >= 0.6 is 11.6 Å². The molecule has 1 aromatic heterocycles. The van der Waals surface area contributed by atoms with Gasteiger partial charge >= 0.3 is 12.0 Å². The van der Waals surface area contributed by atoms with Crippen molar-refractivity contribution in [3.63, 3.8) is 0 Å². The van der Waals surface area contributed by atoms with Crippen molar-refractivity contribution in [1.82, 2.24) is 15.3 Å². The number of amides is 2. The summed E-state index contributed by atoms with van der Waals surface area (Å²) in [7, 11) is 0. The van der Waals surface area contributed by atoms with E-state index in [2.05, 4.69) is 20.6 Å². The molecule has 8 heteroatoms. The fourth-order valence-corrected chi connectivity index (χ4v) is 2.84. The molecule has 2 aromatic rings. The average Bonchev–Trinajstić information content (AvgIpc) is 2.61. The van der Waals surface area contributed by atoms with Gasteiger partial charge in [-0.2, -0.15) is 0 Å². The van der Waals surface area contributed by atoms with Crippen LogP contribution in [-0.4, -0.2) is 28.1 Å². The summed E-state index contributed by atoms with van der Waals surface area (Å²) in [6.07, 6.45) is 6.07. The lowest BCUT2D eigenvalue weighted by atomic mass is 9.93. The first-order valence-electron chi connectivity index (χ1n) is 8.06. The lowest BCUT2D eigenvalue weighted by molar-refractivity contribution is 0.129. The molecule has 0 unspecified atom stereocenters. The van der Waals surface area contributed by atoms with E-state index in [1.807, 2.05) is 0 Å². The van der Waals surface area contributed by atoms with E-state index < -0.39 is 11.8 Å². The minimum absolute atomic E-state index is 0.00820. The Labute approximate surface area is 149 Å². The van der Waals surface area contributed by atoms with Crippen LogP contribution in [0.4, 0.5) is 14.9 Å². The molecule has 132 valence electrons. The second-order valence-corrected chi connectivity index (χ2v) is 6.29. The summed E-state index contributed by atoms with van der Waals surface area (Å²) in [5.41, 5.74) is 0.164. The number of halogens is 2. The van der Waals surface area contributed by atoms with Gasteiger partial charge in [0.2, 0.25) is 0 Å². The molecule has 0 bridgehead atoms. The Hall–Kier alpha value is -2.41. The van der Waals surface area contributed by atoms with Crippen molar-refractivity contribution < 1.29 is 13.9 Å². The predicted molar refractivity (Wildman–Crippen MR) is 92.3 cm³/mol. The number of benzene rings is 1. The average molecular weight is 365 g/mol. The Morgan fingerprint density at radius 2 is 1.84 bits per heavy atom. The maximum Gasteiger partial charge on any atom is 0.319 e. The molecule has 0 radical (unpaired) electrons. The highest BCUT2D eigenvalue weighted by molar-refractivity contribution is 6.30. The van der Waals surface area contributed by atoms with Gasteiger partial charge in [0.15, 0.2) is 0 Å². The van der Waals surface area contributed by atoms with E-state index in [0.717, 1.165) is 25.7 Å². The summed E-state index contributed by atoms with van der Waals surface area (Å²) in [5, 5.41) is 5.85. The number of carbonyl (C=O) groups is 1. The molecule has 1 aromatic carbocycles. The number of rotatable bonds is 4. The van der Waals surface area contributed by atoms with Crippen LogP contribution in [0.3, 0.4) is 0 Å². The summed E-state index contributed by atoms with van der Waals surface area (Å²) in [5.74, 6) is -0.460. The highest BCUT2D eigenvalue weighted by Gasteiger charge is 2.24. The zero-order valence-electron chi connectivity index (χ0n) is 13.4. The fourth-order valence-electron chi connectivity index (χ4n) is 2.74. The first-order chi connectivity index (χ1) is 12.1. The third-order valence-corrected chi connectivity index (χ3v) is 4.20. The number of hydrogen-bond acceptors (Lipinski definition) is 4. The van der Waals surface area contributed by atoms with Gasteiger partial charge in [-0.1, -0.05) is 23.7 Å². The van der Waals surface area contributed by atoms with Crippen LogP contribution in [0.25, 0.3) is 0 Å². The number of nitrogens with one attached hydrogen (secondary N) is 2. The number of ether oxygens (including phenoxy) is 1. The molecule has 1 heterocycles. The van der Waals surface area contributed by atoms with Gasteiger partial charge in [0.05, 0.1) is 23.1 Å². The number of hydrogen-bond donors (Lipinski definition) is 2. The third kappa shape index (κ3) is 5.03. The summed E-state index contributed by atoms with van der Waals surface area (Å²) >= 11 is 5.74. The van der Waals surface area contributed by atoms with Gasteiger partial charge in [0, 0.05) is 6.04 Å². The predicted octanol–water partition coefficient (Wildman–Crippen LogP) is 3.78. The highest BCUT2D eigenvalue weighted by Crippen LogP contribution is 2.22. The molecule has 0 spiro atoms. The van der Waals surface area contributed by atoms with Gasteiger partial charge < -0.3 is 15.4 Å². The van der Waals surface area contributed by atoms with E-state index in [0.29, 0.717) is 11.0 Å². The van der Waals surface area contributed by atoms with Crippen LogP contribution < -0.4 is 15.4 Å². The number of carbonyl (C=O) groups excluding carboxylic acids is 1. The number of aromatic nitrogens is 2. The standard InChI is InChI=1S/C17H18ClFN4O2/c18-11-9-20-17(21-10-11)25-13-7-5-12(6-8-13)22-16(24)23-15-4-2-1-3-14(15)19/h1-4,9-10,12-13H,5-8H2,(H2,22,23,24). The minimum Gasteiger partial charge on any atom is -0.460 e. The maximum atomic E-state index is 13.5. The van der Waals surface area contributed by atoms with Crippen LogP contribution in [0.15, 0.2) is 36.7 Å². The van der Waals surface area contributed by atoms with Gasteiger partial charge in [-0.05, 0) is 37.8 Å². The zero-order valence-corrected chi connectivity index (χ0v) is 14.2. The Bertz CT molecular complexity index is 721. The highest BCUT2D eigenvalue weighted by atomic mass is 35.5. The third-order valence-electron chi connectivity index (χ3n) is 4.00. The summed E-state index contributed by atoms with van der Waals surface area (Å²) < 4.78 is 19.2. The molecule has 0 saturated heterocycles. The van der Waals surface area contributed by atoms with Gasteiger partial charge in [-0.25, -0.2) is 19.2 Å². The molecular weight excluding hydrogens is 347 g/mol. The molecule has 2 N–H and O–H groups in total. The van der Waals surface area contributed by atoms with Crippen LogP contribution in [0, 0.1) is 5.82 Å². The fraction of sp³-hybridized carbons (Fsp3) is 0.353. The molecule has 2 amide bonds. The zero-order chi connectivity index (χ0) is 17.6. The van der Waals surface area contributed by atoms with E-state index in [4.69, 9.17) is 16.3 Å². The Balaban J connectivity index is 1.43. The summed E-state index contributed by atoms with van der Waals surface area (Å²) in [6, 6.07) is 5.98. The second kappa shape index (κ2) is 8.11. The SMILES string of the molecule is O=C(Nc1ccccc1F)NC1CCC(Oc2ncc(Cl)cn2)CC1. The number of para-hydroxylation sites is 1. The van der Waals surface area contributed by atoms with E-state index in [1.54, 1.807) is 12.1 Å². The van der Waals surface area contributed by atoms with Crippen molar-refractivity contribution >= 4 is 23.3 Å². The minimum atomic E-state index is -0.460. The number of anilines is 1. The lowest BCUT2D eigenvalue weighted by Gasteiger charge is -2.28. The smallest absolute Gasteiger partial charge is 0.319 e. The normalized spacial score (nSPS) is 19.9. The molecular formula is C17H18ClFN4O2. The monoisotopic (exact) mass is 364 g/mol. The molecule has 0 atom stereocenters. The van der Waals surface area contributed by atoms with Crippen molar-refractivity contribution in [3.8, 4) is 6.01 Å². The quantitative estimate of drug-likeness (QED) is 0.865. The van der Waals surface area contributed by atoms with Gasteiger partial charge in [0.1, 0.15) is 11.9 Å². The van der Waals surface area contributed by atoms with E-state index >= 15 is 0 Å². The van der Waals surface area contributed by atoms with Crippen LogP contribution in [0.2, 0.25) is 5.02 Å². The van der Waals surface area contributed by atoms with Crippen molar-refractivity contribution in [1.29, 1.82) is 0 Å². The Kier molecular flexibility index (Phi) is 5.65. The van der Waals surface area contributed by atoms with Gasteiger partial charge in [0.25, 0.3) is 0 Å². The molecule has 25 heavy (non-hydrogen) atoms. The first kappa shape index (κ1) is 17.4. The van der Waals surface area contributed by atoms with Crippen molar-refractivity contribution in [2.75, 3.05) is 5.32 Å². The molecule has 1 saturated carbocycles. The molecule has 1 fully saturated rings. The summed E-state index contributed by atoms with van der Waals surface area (Å²) in [4.78, 5) is 20.0. The van der Waals surface area contributed by atoms with Gasteiger partial charge in [-0.3, -0.25) is 0 Å².